The van der Waals surface area contributed by atoms with E-state index in [0.717, 1.165) is 32.4 Å². The van der Waals surface area contributed by atoms with Gasteiger partial charge in [-0.2, -0.15) is 0 Å². The second kappa shape index (κ2) is 7.39. The molecule has 0 aromatic heterocycles. The van der Waals surface area contributed by atoms with Crippen LogP contribution < -0.4 is 5.32 Å². The number of nitro groups is 1. The summed E-state index contributed by atoms with van der Waals surface area (Å²) in [5, 5.41) is 22.5. The number of guanidine groups is 1. The first-order valence-corrected chi connectivity index (χ1v) is 7.09. The number of benzene rings is 1. The lowest BCUT2D eigenvalue weighted by Gasteiger charge is -2.30. The number of aliphatic carboxylic acids is 1. The number of non-ortho nitro benzene ring substituents is 1. The Kier molecular flexibility index (Phi) is 5.29. The number of carboxylic acids is 1. The molecule has 0 atom stereocenters. The SMILES string of the molecule is O=C(O)CN=C(Nc1ccc([N+](=O)[O-])cc1)N1CCCCC1. The molecule has 8 nitrogen and oxygen atoms in total. The quantitative estimate of drug-likeness (QED) is 0.381. The van der Waals surface area contributed by atoms with Crippen molar-refractivity contribution in [1.29, 1.82) is 0 Å². The molecule has 1 aliphatic heterocycles. The van der Waals surface area contributed by atoms with Crippen LogP contribution in [-0.4, -0.2) is 46.5 Å². The number of carbonyl (C=O) groups is 1. The molecule has 1 aromatic rings. The van der Waals surface area contributed by atoms with E-state index in [4.69, 9.17) is 5.11 Å². The Hall–Kier alpha value is -2.64. The molecule has 1 saturated heterocycles. The van der Waals surface area contributed by atoms with Crippen LogP contribution in [0.5, 0.6) is 0 Å². The van der Waals surface area contributed by atoms with Gasteiger partial charge in [0.25, 0.3) is 5.69 Å². The van der Waals surface area contributed by atoms with E-state index < -0.39 is 10.9 Å². The minimum Gasteiger partial charge on any atom is -0.480 e. The highest BCUT2D eigenvalue weighted by atomic mass is 16.6. The molecule has 0 aliphatic carbocycles. The highest BCUT2D eigenvalue weighted by Gasteiger charge is 2.16. The normalized spacial score (nSPS) is 15.5. The van der Waals surface area contributed by atoms with Crippen molar-refractivity contribution in [1.82, 2.24) is 4.90 Å². The van der Waals surface area contributed by atoms with Crippen LogP contribution in [0, 0.1) is 10.1 Å². The Morgan fingerprint density at radius 3 is 2.45 bits per heavy atom. The van der Waals surface area contributed by atoms with Gasteiger partial charge in [0.2, 0.25) is 0 Å². The molecule has 118 valence electrons. The molecule has 0 spiro atoms. The fraction of sp³-hybridized carbons (Fsp3) is 0.429. The van der Waals surface area contributed by atoms with E-state index in [9.17, 15) is 14.9 Å². The predicted octanol–water partition coefficient (Wildman–Crippen LogP) is 1.93. The van der Waals surface area contributed by atoms with Crippen molar-refractivity contribution in [3.8, 4) is 0 Å². The Labute approximate surface area is 127 Å². The minimum absolute atomic E-state index is 0.00699. The number of nitrogens with one attached hydrogen (secondary N) is 1. The lowest BCUT2D eigenvalue weighted by atomic mass is 10.1. The maximum Gasteiger partial charge on any atom is 0.325 e. The smallest absolute Gasteiger partial charge is 0.325 e. The van der Waals surface area contributed by atoms with Gasteiger partial charge >= 0.3 is 5.97 Å². The molecule has 0 saturated carbocycles. The van der Waals surface area contributed by atoms with Gasteiger partial charge in [-0.3, -0.25) is 14.9 Å². The molecular formula is C14H18N4O4. The summed E-state index contributed by atoms with van der Waals surface area (Å²) in [6.07, 6.45) is 3.22. The number of piperidine rings is 1. The van der Waals surface area contributed by atoms with Crippen molar-refractivity contribution in [3.05, 3.63) is 34.4 Å². The van der Waals surface area contributed by atoms with Crippen LogP contribution in [0.3, 0.4) is 0 Å². The van der Waals surface area contributed by atoms with Gasteiger partial charge < -0.3 is 15.3 Å². The van der Waals surface area contributed by atoms with E-state index in [1.165, 1.54) is 12.1 Å². The second-order valence-corrected chi connectivity index (χ2v) is 5.01. The first-order valence-electron chi connectivity index (χ1n) is 7.09. The molecule has 1 fully saturated rings. The van der Waals surface area contributed by atoms with Gasteiger partial charge in [-0.05, 0) is 31.4 Å². The fourth-order valence-electron chi connectivity index (χ4n) is 2.26. The molecule has 1 aliphatic rings. The van der Waals surface area contributed by atoms with Crippen LogP contribution >= 0.6 is 0 Å². The number of nitro benzene ring substituents is 1. The number of anilines is 1. The van der Waals surface area contributed by atoms with Crippen molar-refractivity contribution in [2.45, 2.75) is 19.3 Å². The predicted molar refractivity (Wildman–Crippen MR) is 82.1 cm³/mol. The van der Waals surface area contributed by atoms with Crippen molar-refractivity contribution in [3.63, 3.8) is 0 Å². The van der Waals surface area contributed by atoms with Crippen LogP contribution in [-0.2, 0) is 4.79 Å². The molecular weight excluding hydrogens is 288 g/mol. The maximum atomic E-state index is 10.7. The summed E-state index contributed by atoms with van der Waals surface area (Å²) < 4.78 is 0. The molecule has 0 amide bonds. The van der Waals surface area contributed by atoms with Crippen molar-refractivity contribution in [2.75, 3.05) is 25.0 Å². The first kappa shape index (κ1) is 15.7. The summed E-state index contributed by atoms with van der Waals surface area (Å²) in [6.45, 7) is 1.32. The molecule has 8 heteroatoms. The van der Waals surface area contributed by atoms with Crippen molar-refractivity contribution < 1.29 is 14.8 Å². The van der Waals surface area contributed by atoms with E-state index in [-0.39, 0.29) is 12.2 Å². The molecule has 1 aromatic carbocycles. The summed E-state index contributed by atoms with van der Waals surface area (Å²) in [5.41, 5.74) is 0.646. The van der Waals surface area contributed by atoms with Crippen LogP contribution in [0.1, 0.15) is 19.3 Å². The largest absolute Gasteiger partial charge is 0.480 e. The van der Waals surface area contributed by atoms with Gasteiger partial charge in [-0.25, -0.2) is 4.99 Å². The van der Waals surface area contributed by atoms with Crippen LogP contribution in [0.2, 0.25) is 0 Å². The summed E-state index contributed by atoms with van der Waals surface area (Å²) in [5.74, 6) is -0.504. The standard InChI is InChI=1S/C14H18N4O4/c19-13(20)10-15-14(17-8-2-1-3-9-17)16-11-4-6-12(7-5-11)18(21)22/h4-7H,1-3,8-10H2,(H,15,16)(H,19,20). The van der Waals surface area contributed by atoms with Crippen LogP contribution in [0.4, 0.5) is 11.4 Å². The number of aliphatic imine (C=N–C) groups is 1. The Morgan fingerprint density at radius 1 is 1.27 bits per heavy atom. The van der Waals surface area contributed by atoms with E-state index in [2.05, 4.69) is 10.3 Å². The number of hydrogen-bond donors (Lipinski definition) is 2. The maximum absolute atomic E-state index is 10.7. The summed E-state index contributed by atoms with van der Waals surface area (Å²) in [7, 11) is 0. The Morgan fingerprint density at radius 2 is 1.91 bits per heavy atom. The first-order chi connectivity index (χ1) is 10.6. The monoisotopic (exact) mass is 306 g/mol. The Balaban J connectivity index is 2.12. The van der Waals surface area contributed by atoms with Crippen LogP contribution in [0.15, 0.2) is 29.3 Å². The number of nitrogens with zero attached hydrogens (tertiary/aromatic N) is 3. The molecule has 2 rings (SSSR count). The minimum atomic E-state index is -1.000. The van der Waals surface area contributed by atoms with Gasteiger partial charge in [0, 0.05) is 30.9 Å². The zero-order valence-electron chi connectivity index (χ0n) is 12.1. The molecule has 0 bridgehead atoms. The lowest BCUT2D eigenvalue weighted by molar-refractivity contribution is -0.384. The van der Waals surface area contributed by atoms with Gasteiger partial charge in [0.05, 0.1) is 4.92 Å². The fourth-order valence-corrected chi connectivity index (χ4v) is 2.26. The van der Waals surface area contributed by atoms with Gasteiger partial charge in [0.1, 0.15) is 6.54 Å². The second-order valence-electron chi connectivity index (χ2n) is 5.01. The zero-order chi connectivity index (χ0) is 15.9. The highest BCUT2D eigenvalue weighted by Crippen LogP contribution is 2.17. The number of rotatable bonds is 4. The molecule has 2 N–H and O–H groups in total. The third kappa shape index (κ3) is 4.44. The van der Waals surface area contributed by atoms with E-state index in [1.807, 2.05) is 4.90 Å². The van der Waals surface area contributed by atoms with Gasteiger partial charge in [-0.15, -0.1) is 0 Å². The highest BCUT2D eigenvalue weighted by molar-refractivity contribution is 5.94. The third-order valence-electron chi connectivity index (χ3n) is 3.35. The molecule has 1 heterocycles. The van der Waals surface area contributed by atoms with Gasteiger partial charge in [0.15, 0.2) is 5.96 Å². The summed E-state index contributed by atoms with van der Waals surface area (Å²) in [6, 6.07) is 5.96. The Bertz CT molecular complexity index is 565. The third-order valence-corrected chi connectivity index (χ3v) is 3.35. The number of carboxylic acid groups (broad SMARTS) is 1. The van der Waals surface area contributed by atoms with Crippen LogP contribution in [0.25, 0.3) is 0 Å². The average Bonchev–Trinajstić information content (AvgIpc) is 2.52. The summed E-state index contributed by atoms with van der Waals surface area (Å²) >= 11 is 0. The zero-order valence-corrected chi connectivity index (χ0v) is 12.1. The molecule has 22 heavy (non-hydrogen) atoms. The number of likely N-dealkylation sites (tertiary alicyclic amines) is 1. The average molecular weight is 306 g/mol. The van der Waals surface area contributed by atoms with E-state index >= 15 is 0 Å². The topological polar surface area (TPSA) is 108 Å². The number of hydrogen-bond acceptors (Lipinski definition) is 4. The van der Waals surface area contributed by atoms with E-state index in [1.54, 1.807) is 12.1 Å². The molecule has 0 unspecified atom stereocenters. The van der Waals surface area contributed by atoms with Gasteiger partial charge in [-0.1, -0.05) is 0 Å². The van der Waals surface area contributed by atoms with Crippen molar-refractivity contribution in [2.24, 2.45) is 4.99 Å². The van der Waals surface area contributed by atoms with Crippen molar-refractivity contribution >= 4 is 23.3 Å². The summed E-state index contributed by atoms with van der Waals surface area (Å²) in [4.78, 5) is 27.0. The van der Waals surface area contributed by atoms with E-state index in [0.29, 0.717) is 11.6 Å². The lowest BCUT2D eigenvalue weighted by Crippen LogP contribution is -2.40. The molecule has 0 radical (unpaired) electrons.